The van der Waals surface area contributed by atoms with Crippen LogP contribution in [0.2, 0.25) is 0 Å². The number of esters is 1. The second kappa shape index (κ2) is 6.20. The summed E-state index contributed by atoms with van der Waals surface area (Å²) in [5.41, 5.74) is 1.74. The van der Waals surface area contributed by atoms with Gasteiger partial charge in [0.1, 0.15) is 0 Å². The van der Waals surface area contributed by atoms with Gasteiger partial charge in [-0.1, -0.05) is 15.9 Å². The topological polar surface area (TPSA) is 41.6 Å². The van der Waals surface area contributed by atoms with Crippen molar-refractivity contribution in [2.24, 2.45) is 0 Å². The zero-order valence-electron chi connectivity index (χ0n) is 10.4. The molecule has 1 aromatic carbocycles. The van der Waals surface area contributed by atoms with Crippen molar-refractivity contribution in [3.63, 3.8) is 0 Å². The number of piperazine rings is 1. The average molecular weight is 313 g/mol. The summed E-state index contributed by atoms with van der Waals surface area (Å²) in [7, 11) is 0. The van der Waals surface area contributed by atoms with Crippen LogP contribution in [0.3, 0.4) is 0 Å². The molecular weight excluding hydrogens is 296 g/mol. The highest BCUT2D eigenvalue weighted by Gasteiger charge is 2.17. The average Bonchev–Trinajstić information content (AvgIpc) is 2.39. The summed E-state index contributed by atoms with van der Waals surface area (Å²) in [6.07, 6.45) is 0. The van der Waals surface area contributed by atoms with Crippen LogP contribution < -0.4 is 10.2 Å². The van der Waals surface area contributed by atoms with Gasteiger partial charge in [0.05, 0.1) is 17.1 Å². The summed E-state index contributed by atoms with van der Waals surface area (Å²) in [6, 6.07) is 7.58. The number of halogens is 1. The van der Waals surface area contributed by atoms with Gasteiger partial charge in [-0.3, -0.25) is 0 Å². The Kier molecular flexibility index (Phi) is 4.60. The maximum absolute atomic E-state index is 11.5. The largest absolute Gasteiger partial charge is 0.462 e. The predicted octanol–water partition coefficient (Wildman–Crippen LogP) is 1.99. The number of rotatable bonds is 3. The molecule has 0 radical (unpaired) electrons. The first kappa shape index (κ1) is 13.4. The summed E-state index contributed by atoms with van der Waals surface area (Å²) in [4.78, 5) is 14.1. The number of ether oxygens (including phenoxy) is 1. The molecule has 18 heavy (non-hydrogen) atoms. The van der Waals surface area contributed by atoms with Crippen molar-refractivity contribution in [3.05, 3.63) is 29.8 Å². The van der Waals surface area contributed by atoms with E-state index in [9.17, 15) is 4.79 Å². The Morgan fingerprint density at radius 1 is 1.50 bits per heavy atom. The zero-order chi connectivity index (χ0) is 13.0. The van der Waals surface area contributed by atoms with Crippen LogP contribution in [-0.4, -0.2) is 37.2 Å². The Morgan fingerprint density at radius 2 is 2.22 bits per heavy atom. The van der Waals surface area contributed by atoms with Crippen molar-refractivity contribution >= 4 is 27.6 Å². The molecule has 0 amide bonds. The van der Waals surface area contributed by atoms with E-state index in [1.807, 2.05) is 31.2 Å². The Labute approximate surface area is 115 Å². The van der Waals surface area contributed by atoms with Gasteiger partial charge in [-0.25, -0.2) is 4.79 Å². The molecule has 4 nitrogen and oxygen atoms in total. The van der Waals surface area contributed by atoms with Gasteiger partial charge in [-0.15, -0.1) is 0 Å². The van der Waals surface area contributed by atoms with Gasteiger partial charge in [0, 0.05) is 25.3 Å². The SMILES string of the molecule is CCOC(=O)c1ccc(N2CCNC(Br)C2)cc1. The fourth-order valence-corrected chi connectivity index (χ4v) is 2.54. The zero-order valence-corrected chi connectivity index (χ0v) is 11.9. The molecule has 2 rings (SSSR count). The monoisotopic (exact) mass is 312 g/mol. The third-order valence-corrected chi connectivity index (χ3v) is 3.49. The summed E-state index contributed by atoms with van der Waals surface area (Å²) in [5.74, 6) is -0.261. The van der Waals surface area contributed by atoms with Gasteiger partial charge in [-0.2, -0.15) is 0 Å². The van der Waals surface area contributed by atoms with E-state index in [1.165, 1.54) is 0 Å². The van der Waals surface area contributed by atoms with Crippen molar-refractivity contribution in [2.45, 2.75) is 11.9 Å². The number of benzene rings is 1. The minimum atomic E-state index is -0.261. The lowest BCUT2D eigenvalue weighted by Crippen LogP contribution is -2.47. The van der Waals surface area contributed by atoms with Gasteiger partial charge in [0.15, 0.2) is 0 Å². The Morgan fingerprint density at radius 3 is 2.83 bits per heavy atom. The van der Waals surface area contributed by atoms with Crippen molar-refractivity contribution in [1.29, 1.82) is 0 Å². The fourth-order valence-electron chi connectivity index (χ4n) is 1.96. The second-order valence-electron chi connectivity index (χ2n) is 4.14. The van der Waals surface area contributed by atoms with Gasteiger partial charge in [-0.05, 0) is 31.2 Å². The lowest BCUT2D eigenvalue weighted by Gasteiger charge is -2.32. The molecule has 0 spiro atoms. The van der Waals surface area contributed by atoms with Gasteiger partial charge in [0.2, 0.25) is 0 Å². The Hall–Kier alpha value is -1.07. The molecule has 98 valence electrons. The van der Waals surface area contributed by atoms with E-state index >= 15 is 0 Å². The Balaban J connectivity index is 2.05. The first-order chi connectivity index (χ1) is 8.70. The van der Waals surface area contributed by atoms with E-state index < -0.39 is 0 Å². The van der Waals surface area contributed by atoms with E-state index in [-0.39, 0.29) is 5.97 Å². The highest BCUT2D eigenvalue weighted by atomic mass is 79.9. The van der Waals surface area contributed by atoms with Gasteiger partial charge < -0.3 is 15.0 Å². The van der Waals surface area contributed by atoms with Crippen LogP contribution in [0.25, 0.3) is 0 Å². The number of hydrogen-bond donors (Lipinski definition) is 1. The number of nitrogens with zero attached hydrogens (tertiary/aromatic N) is 1. The summed E-state index contributed by atoms with van der Waals surface area (Å²) < 4.78 is 4.96. The molecule has 0 bridgehead atoms. The Bertz CT molecular complexity index is 408. The fraction of sp³-hybridized carbons (Fsp3) is 0.462. The number of anilines is 1. The van der Waals surface area contributed by atoms with E-state index in [1.54, 1.807) is 0 Å². The van der Waals surface area contributed by atoms with Gasteiger partial charge in [0.25, 0.3) is 0 Å². The highest BCUT2D eigenvalue weighted by molar-refractivity contribution is 9.09. The quantitative estimate of drug-likeness (QED) is 0.526. The van der Waals surface area contributed by atoms with Crippen molar-refractivity contribution in [2.75, 3.05) is 31.1 Å². The summed E-state index contributed by atoms with van der Waals surface area (Å²) in [5, 5.41) is 3.33. The summed E-state index contributed by atoms with van der Waals surface area (Å²) >= 11 is 3.56. The molecule has 1 N–H and O–H groups in total. The smallest absolute Gasteiger partial charge is 0.338 e. The minimum Gasteiger partial charge on any atom is -0.462 e. The number of nitrogens with one attached hydrogen (secondary N) is 1. The molecular formula is C13H17BrN2O2. The maximum atomic E-state index is 11.5. The lowest BCUT2D eigenvalue weighted by molar-refractivity contribution is 0.0526. The lowest BCUT2D eigenvalue weighted by atomic mass is 10.2. The molecule has 5 heteroatoms. The molecule has 0 aromatic heterocycles. The highest BCUT2D eigenvalue weighted by Crippen LogP contribution is 2.18. The van der Waals surface area contributed by atoms with E-state index in [0.717, 1.165) is 25.3 Å². The van der Waals surface area contributed by atoms with Crippen LogP contribution in [0.4, 0.5) is 5.69 Å². The van der Waals surface area contributed by atoms with E-state index in [4.69, 9.17) is 4.74 Å². The van der Waals surface area contributed by atoms with Crippen molar-refractivity contribution in [1.82, 2.24) is 5.32 Å². The van der Waals surface area contributed by atoms with Crippen LogP contribution in [0, 0.1) is 0 Å². The first-order valence-electron chi connectivity index (χ1n) is 6.10. The molecule has 1 fully saturated rings. The third-order valence-electron chi connectivity index (χ3n) is 2.87. The number of alkyl halides is 1. The molecule has 1 saturated heterocycles. The molecule has 1 unspecified atom stereocenters. The standard InChI is InChI=1S/C13H17BrN2O2/c1-2-18-13(17)10-3-5-11(6-4-10)16-8-7-15-12(14)9-16/h3-6,12,15H,2,7-9H2,1H3. The van der Waals surface area contributed by atoms with Crippen LogP contribution >= 0.6 is 15.9 Å². The molecule has 0 aliphatic carbocycles. The number of carbonyl (C=O) groups is 1. The van der Waals surface area contributed by atoms with Gasteiger partial charge >= 0.3 is 5.97 Å². The summed E-state index contributed by atoms with van der Waals surface area (Å²) in [6.45, 7) is 5.06. The minimum absolute atomic E-state index is 0.261. The molecule has 1 atom stereocenters. The van der Waals surface area contributed by atoms with E-state index in [0.29, 0.717) is 17.1 Å². The van der Waals surface area contributed by atoms with Crippen LogP contribution in [0.5, 0.6) is 0 Å². The molecule has 1 heterocycles. The van der Waals surface area contributed by atoms with Crippen LogP contribution in [0.1, 0.15) is 17.3 Å². The second-order valence-corrected chi connectivity index (χ2v) is 5.24. The van der Waals surface area contributed by atoms with Crippen molar-refractivity contribution in [3.8, 4) is 0 Å². The predicted molar refractivity (Wildman–Crippen MR) is 75.3 cm³/mol. The number of carbonyl (C=O) groups excluding carboxylic acids is 1. The van der Waals surface area contributed by atoms with Crippen molar-refractivity contribution < 1.29 is 9.53 Å². The van der Waals surface area contributed by atoms with E-state index in [2.05, 4.69) is 26.1 Å². The normalized spacial score (nSPS) is 19.7. The number of hydrogen-bond acceptors (Lipinski definition) is 4. The molecule has 0 saturated carbocycles. The molecule has 1 aliphatic rings. The van der Waals surface area contributed by atoms with Crippen LogP contribution in [0.15, 0.2) is 24.3 Å². The molecule has 1 aromatic rings. The molecule has 1 aliphatic heterocycles. The van der Waals surface area contributed by atoms with Crippen LogP contribution in [-0.2, 0) is 4.74 Å². The first-order valence-corrected chi connectivity index (χ1v) is 7.02. The maximum Gasteiger partial charge on any atom is 0.338 e. The third kappa shape index (κ3) is 3.23.